The Bertz CT molecular complexity index is 518. The summed E-state index contributed by atoms with van der Waals surface area (Å²) in [7, 11) is 0. The molecular weight excluding hydrogens is 224 g/mol. The summed E-state index contributed by atoms with van der Waals surface area (Å²) >= 11 is 0. The Kier molecular flexibility index (Phi) is 1.97. The molecule has 2 aromatic carbocycles. The summed E-state index contributed by atoms with van der Waals surface area (Å²) in [6.07, 6.45) is -1.39. The molecule has 3 aliphatic carbocycles. The lowest BCUT2D eigenvalue weighted by Gasteiger charge is -2.46. The standard InChI is InChI=1S/C16H14O2/c17-15-13-9-5-1-2-6-10(9)14(16(15)18)12-8-4-3-7-11(12)13/h1-8,13-18H/t13-,14+,15-,16+. The lowest BCUT2D eigenvalue weighted by Crippen LogP contribution is -2.47. The first-order valence-electron chi connectivity index (χ1n) is 6.33. The third-order valence-electron chi connectivity index (χ3n) is 4.37. The van der Waals surface area contributed by atoms with Crippen molar-refractivity contribution in [3.8, 4) is 0 Å². The minimum Gasteiger partial charge on any atom is -0.389 e. The topological polar surface area (TPSA) is 40.5 Å². The van der Waals surface area contributed by atoms with Crippen LogP contribution < -0.4 is 0 Å². The fourth-order valence-electron chi connectivity index (χ4n) is 3.62. The van der Waals surface area contributed by atoms with Gasteiger partial charge in [0.25, 0.3) is 0 Å². The fourth-order valence-corrected chi connectivity index (χ4v) is 3.62. The lowest BCUT2D eigenvalue weighted by molar-refractivity contribution is -0.0154. The van der Waals surface area contributed by atoms with E-state index in [0.717, 1.165) is 0 Å². The van der Waals surface area contributed by atoms with Crippen LogP contribution >= 0.6 is 0 Å². The van der Waals surface area contributed by atoms with Gasteiger partial charge < -0.3 is 10.2 Å². The van der Waals surface area contributed by atoms with Crippen molar-refractivity contribution in [1.29, 1.82) is 0 Å². The van der Waals surface area contributed by atoms with Crippen LogP contribution in [0.3, 0.4) is 0 Å². The zero-order valence-corrected chi connectivity index (χ0v) is 9.82. The van der Waals surface area contributed by atoms with Crippen molar-refractivity contribution >= 4 is 0 Å². The predicted molar refractivity (Wildman–Crippen MR) is 68.6 cm³/mol. The molecule has 0 unspecified atom stereocenters. The molecule has 0 saturated heterocycles. The number of hydrogen-bond acceptors (Lipinski definition) is 2. The summed E-state index contributed by atoms with van der Waals surface area (Å²) in [4.78, 5) is 0. The Balaban J connectivity index is 2.06. The average molecular weight is 238 g/mol. The summed E-state index contributed by atoms with van der Waals surface area (Å²) in [6, 6.07) is 16.3. The minimum atomic E-state index is -0.695. The molecule has 90 valence electrons. The molecule has 2 N–H and O–H groups in total. The molecule has 0 heterocycles. The monoisotopic (exact) mass is 238 g/mol. The molecule has 0 spiro atoms. The van der Waals surface area contributed by atoms with E-state index in [-0.39, 0.29) is 11.8 Å². The smallest absolute Gasteiger partial charge is 0.0917 e. The van der Waals surface area contributed by atoms with E-state index in [1.807, 2.05) is 24.3 Å². The Morgan fingerprint density at radius 1 is 0.556 bits per heavy atom. The van der Waals surface area contributed by atoms with Gasteiger partial charge in [-0.15, -0.1) is 0 Å². The van der Waals surface area contributed by atoms with E-state index in [4.69, 9.17) is 0 Å². The molecule has 0 saturated carbocycles. The van der Waals surface area contributed by atoms with Gasteiger partial charge in [0, 0.05) is 11.8 Å². The SMILES string of the molecule is O[C@@H]1[C@H]2c3ccccc3[C@H](c3ccccc32)[C@@H]1O. The third kappa shape index (κ3) is 1.10. The highest BCUT2D eigenvalue weighted by atomic mass is 16.3. The Morgan fingerprint density at radius 2 is 0.833 bits per heavy atom. The van der Waals surface area contributed by atoms with Gasteiger partial charge in [-0.3, -0.25) is 0 Å². The van der Waals surface area contributed by atoms with Crippen LogP contribution in [0.5, 0.6) is 0 Å². The number of benzene rings is 2. The summed E-state index contributed by atoms with van der Waals surface area (Å²) in [6.45, 7) is 0. The van der Waals surface area contributed by atoms with Crippen molar-refractivity contribution in [3.05, 3.63) is 70.8 Å². The highest BCUT2D eigenvalue weighted by molar-refractivity contribution is 5.57. The molecule has 2 atom stereocenters. The Morgan fingerprint density at radius 3 is 1.11 bits per heavy atom. The molecule has 0 aliphatic heterocycles. The maximum Gasteiger partial charge on any atom is 0.0917 e. The third-order valence-corrected chi connectivity index (χ3v) is 4.37. The Hall–Kier alpha value is -1.64. The van der Waals surface area contributed by atoms with E-state index in [1.165, 1.54) is 22.3 Å². The van der Waals surface area contributed by atoms with Gasteiger partial charge in [-0.1, -0.05) is 48.5 Å². The summed E-state index contributed by atoms with van der Waals surface area (Å²) < 4.78 is 0. The molecule has 18 heavy (non-hydrogen) atoms. The molecule has 0 fully saturated rings. The van der Waals surface area contributed by atoms with Gasteiger partial charge in [-0.05, 0) is 22.3 Å². The fraction of sp³-hybridized carbons (Fsp3) is 0.250. The van der Waals surface area contributed by atoms with E-state index in [1.54, 1.807) is 0 Å². The van der Waals surface area contributed by atoms with Crippen LogP contribution in [0.4, 0.5) is 0 Å². The first-order valence-corrected chi connectivity index (χ1v) is 6.33. The molecule has 0 aromatic heterocycles. The maximum absolute atomic E-state index is 10.3. The highest BCUT2D eigenvalue weighted by Crippen LogP contribution is 2.52. The van der Waals surface area contributed by atoms with Gasteiger partial charge >= 0.3 is 0 Å². The summed E-state index contributed by atoms with van der Waals surface area (Å²) in [5, 5.41) is 20.6. The van der Waals surface area contributed by atoms with E-state index in [9.17, 15) is 10.2 Å². The van der Waals surface area contributed by atoms with Crippen LogP contribution in [0.15, 0.2) is 48.5 Å². The van der Waals surface area contributed by atoms with Gasteiger partial charge in [-0.25, -0.2) is 0 Å². The Labute approximate surface area is 106 Å². The first kappa shape index (κ1) is 10.3. The van der Waals surface area contributed by atoms with Crippen molar-refractivity contribution in [2.75, 3.05) is 0 Å². The molecule has 2 nitrogen and oxygen atoms in total. The number of aliphatic hydroxyl groups is 2. The maximum atomic E-state index is 10.3. The van der Waals surface area contributed by atoms with Crippen molar-refractivity contribution in [2.45, 2.75) is 24.0 Å². The zero-order valence-electron chi connectivity index (χ0n) is 9.82. The van der Waals surface area contributed by atoms with Crippen molar-refractivity contribution in [2.24, 2.45) is 0 Å². The number of rotatable bonds is 0. The largest absolute Gasteiger partial charge is 0.389 e. The van der Waals surface area contributed by atoms with Gasteiger partial charge in [0.15, 0.2) is 0 Å². The van der Waals surface area contributed by atoms with Crippen LogP contribution in [0, 0.1) is 0 Å². The molecular formula is C16H14O2. The van der Waals surface area contributed by atoms with E-state index in [0.29, 0.717) is 0 Å². The van der Waals surface area contributed by atoms with Crippen molar-refractivity contribution in [3.63, 3.8) is 0 Å². The van der Waals surface area contributed by atoms with E-state index in [2.05, 4.69) is 24.3 Å². The second-order valence-corrected chi connectivity index (χ2v) is 5.19. The normalized spacial score (nSPS) is 31.9. The predicted octanol–water partition coefficient (Wildman–Crippen LogP) is 2.00. The first-order chi connectivity index (χ1) is 8.79. The molecule has 3 aliphatic rings. The molecule has 0 radical (unpaired) electrons. The quantitative estimate of drug-likeness (QED) is 0.737. The second-order valence-electron chi connectivity index (χ2n) is 5.19. The zero-order chi connectivity index (χ0) is 12.3. The van der Waals surface area contributed by atoms with Gasteiger partial charge in [0.2, 0.25) is 0 Å². The van der Waals surface area contributed by atoms with Crippen molar-refractivity contribution in [1.82, 2.24) is 0 Å². The van der Waals surface area contributed by atoms with Crippen LogP contribution in [0.2, 0.25) is 0 Å². The van der Waals surface area contributed by atoms with Crippen LogP contribution in [-0.4, -0.2) is 22.4 Å². The van der Waals surface area contributed by atoms with E-state index < -0.39 is 12.2 Å². The average Bonchev–Trinajstić information content (AvgIpc) is 2.42. The lowest BCUT2D eigenvalue weighted by atomic mass is 9.61. The van der Waals surface area contributed by atoms with Crippen LogP contribution in [0.1, 0.15) is 34.1 Å². The van der Waals surface area contributed by atoms with Crippen LogP contribution in [-0.2, 0) is 0 Å². The molecule has 2 heteroatoms. The van der Waals surface area contributed by atoms with Crippen LogP contribution in [0.25, 0.3) is 0 Å². The number of hydrogen-bond donors (Lipinski definition) is 2. The molecule has 2 bridgehead atoms. The minimum absolute atomic E-state index is 0.0857. The summed E-state index contributed by atoms with van der Waals surface area (Å²) in [5.74, 6) is -0.171. The van der Waals surface area contributed by atoms with Gasteiger partial charge in [-0.2, -0.15) is 0 Å². The van der Waals surface area contributed by atoms with E-state index >= 15 is 0 Å². The highest BCUT2D eigenvalue weighted by Gasteiger charge is 2.48. The van der Waals surface area contributed by atoms with Gasteiger partial charge in [0.05, 0.1) is 12.2 Å². The molecule has 2 aromatic rings. The second kappa shape index (κ2) is 3.44. The van der Waals surface area contributed by atoms with Gasteiger partial charge in [0.1, 0.15) is 0 Å². The molecule has 5 rings (SSSR count). The number of aliphatic hydroxyl groups excluding tert-OH is 2. The molecule has 0 amide bonds. The summed E-state index contributed by atoms with van der Waals surface area (Å²) in [5.41, 5.74) is 4.66. The number of fused-ring (bicyclic) bond motifs is 1. The van der Waals surface area contributed by atoms with Crippen molar-refractivity contribution < 1.29 is 10.2 Å².